The van der Waals surface area contributed by atoms with E-state index < -0.39 is 0 Å². The molecule has 2 heterocycles. The molecule has 2 aromatic carbocycles. The minimum absolute atomic E-state index is 0.316. The Balaban J connectivity index is 1.58. The second-order valence-electron chi connectivity index (χ2n) is 5.20. The number of imidazole rings is 1. The van der Waals surface area contributed by atoms with Crippen molar-refractivity contribution < 1.29 is 4.79 Å². The van der Waals surface area contributed by atoms with Gasteiger partial charge in [-0.1, -0.05) is 35.9 Å². The van der Waals surface area contributed by atoms with Crippen LogP contribution in [0.4, 0.5) is 5.82 Å². The first-order chi connectivity index (χ1) is 11.7. The third-order valence-corrected chi connectivity index (χ3v) is 3.91. The molecule has 1 amide bonds. The highest BCUT2D eigenvalue weighted by atomic mass is 35.5. The predicted octanol–water partition coefficient (Wildman–Crippen LogP) is 3.86. The predicted molar refractivity (Wildman–Crippen MR) is 93.1 cm³/mol. The second kappa shape index (κ2) is 5.82. The van der Waals surface area contributed by atoms with Crippen LogP contribution in [0, 0.1) is 0 Å². The molecule has 0 fully saturated rings. The fraction of sp³-hybridized carbons (Fsp3) is 0. The van der Waals surface area contributed by atoms with Crippen molar-refractivity contribution in [3.05, 3.63) is 65.2 Å². The van der Waals surface area contributed by atoms with Crippen molar-refractivity contribution in [2.75, 3.05) is 5.32 Å². The van der Waals surface area contributed by atoms with Crippen LogP contribution >= 0.6 is 11.6 Å². The van der Waals surface area contributed by atoms with E-state index in [1.165, 1.54) is 0 Å². The number of rotatable bonds is 3. The van der Waals surface area contributed by atoms with Crippen LogP contribution in [0.5, 0.6) is 0 Å². The molecule has 2 aromatic heterocycles. The van der Waals surface area contributed by atoms with Crippen LogP contribution in [0.25, 0.3) is 22.6 Å². The Morgan fingerprint density at radius 2 is 1.88 bits per heavy atom. The molecule has 4 aromatic rings. The van der Waals surface area contributed by atoms with Crippen LogP contribution in [-0.4, -0.2) is 26.1 Å². The highest BCUT2D eigenvalue weighted by molar-refractivity contribution is 6.34. The van der Waals surface area contributed by atoms with Gasteiger partial charge in [-0.3, -0.25) is 9.89 Å². The maximum atomic E-state index is 12.2. The molecule has 118 valence electrons. The Morgan fingerprint density at radius 3 is 2.71 bits per heavy atom. The molecule has 0 saturated carbocycles. The summed E-state index contributed by atoms with van der Waals surface area (Å²) < 4.78 is 0. The SMILES string of the molecule is O=C(Nc1cc(-c2nc3ccccc3[nH]2)[nH]n1)c1ccccc1Cl. The quantitative estimate of drug-likeness (QED) is 0.530. The zero-order valence-electron chi connectivity index (χ0n) is 12.4. The normalized spacial score (nSPS) is 10.9. The van der Waals surface area contributed by atoms with Crippen molar-refractivity contribution in [2.24, 2.45) is 0 Å². The Labute approximate surface area is 141 Å². The number of aromatic nitrogens is 4. The van der Waals surface area contributed by atoms with Gasteiger partial charge < -0.3 is 10.3 Å². The number of fused-ring (bicyclic) bond motifs is 1. The largest absolute Gasteiger partial charge is 0.337 e. The molecule has 24 heavy (non-hydrogen) atoms. The summed E-state index contributed by atoms with van der Waals surface area (Å²) in [6, 6.07) is 16.3. The maximum absolute atomic E-state index is 12.2. The first-order valence-electron chi connectivity index (χ1n) is 7.27. The first kappa shape index (κ1) is 14.5. The lowest BCUT2D eigenvalue weighted by Crippen LogP contribution is -2.12. The third-order valence-electron chi connectivity index (χ3n) is 3.58. The van der Waals surface area contributed by atoms with Crippen molar-refractivity contribution in [3.63, 3.8) is 0 Å². The van der Waals surface area contributed by atoms with Crippen molar-refractivity contribution in [1.29, 1.82) is 0 Å². The molecule has 0 spiro atoms. The molecular weight excluding hydrogens is 326 g/mol. The van der Waals surface area contributed by atoms with Gasteiger partial charge in [-0.05, 0) is 24.3 Å². The number of hydrogen-bond donors (Lipinski definition) is 3. The van der Waals surface area contributed by atoms with E-state index in [2.05, 4.69) is 25.5 Å². The fourth-order valence-corrected chi connectivity index (χ4v) is 2.64. The Morgan fingerprint density at radius 1 is 1.08 bits per heavy atom. The molecule has 6 nitrogen and oxygen atoms in total. The van der Waals surface area contributed by atoms with E-state index in [0.717, 1.165) is 11.0 Å². The smallest absolute Gasteiger partial charge is 0.258 e. The fourth-order valence-electron chi connectivity index (χ4n) is 2.42. The van der Waals surface area contributed by atoms with Crippen LogP contribution in [0.1, 0.15) is 10.4 Å². The highest BCUT2D eigenvalue weighted by Gasteiger charge is 2.13. The number of amides is 1. The monoisotopic (exact) mass is 337 g/mol. The summed E-state index contributed by atoms with van der Waals surface area (Å²) in [6.45, 7) is 0. The van der Waals surface area contributed by atoms with E-state index in [4.69, 9.17) is 11.6 Å². The number of anilines is 1. The average Bonchev–Trinajstić information content (AvgIpc) is 3.21. The number of para-hydroxylation sites is 2. The summed E-state index contributed by atoms with van der Waals surface area (Å²) in [4.78, 5) is 19.9. The van der Waals surface area contributed by atoms with Gasteiger partial charge in [0, 0.05) is 6.07 Å². The summed E-state index contributed by atoms with van der Waals surface area (Å²) >= 11 is 6.03. The van der Waals surface area contributed by atoms with Crippen LogP contribution in [0.2, 0.25) is 5.02 Å². The van der Waals surface area contributed by atoms with Crippen molar-refractivity contribution in [3.8, 4) is 11.5 Å². The van der Waals surface area contributed by atoms with Gasteiger partial charge in [0.05, 0.1) is 21.6 Å². The van der Waals surface area contributed by atoms with Gasteiger partial charge in [-0.25, -0.2) is 4.98 Å². The van der Waals surface area contributed by atoms with E-state index in [1.54, 1.807) is 30.3 Å². The molecule has 0 saturated heterocycles. The number of carbonyl (C=O) groups excluding carboxylic acids is 1. The lowest BCUT2D eigenvalue weighted by atomic mass is 10.2. The zero-order chi connectivity index (χ0) is 16.5. The van der Waals surface area contributed by atoms with Crippen molar-refractivity contribution in [1.82, 2.24) is 20.2 Å². The van der Waals surface area contributed by atoms with E-state index in [0.29, 0.717) is 27.9 Å². The molecule has 4 rings (SSSR count). The molecule has 0 radical (unpaired) electrons. The topological polar surface area (TPSA) is 86.5 Å². The molecule has 3 N–H and O–H groups in total. The van der Waals surface area contributed by atoms with Crippen LogP contribution < -0.4 is 5.32 Å². The maximum Gasteiger partial charge on any atom is 0.258 e. The van der Waals surface area contributed by atoms with E-state index in [-0.39, 0.29) is 5.91 Å². The van der Waals surface area contributed by atoms with Crippen LogP contribution in [0.3, 0.4) is 0 Å². The molecule has 0 atom stereocenters. The number of benzene rings is 2. The Kier molecular flexibility index (Phi) is 3.51. The number of nitrogens with one attached hydrogen (secondary N) is 3. The summed E-state index contributed by atoms with van der Waals surface area (Å²) in [6.07, 6.45) is 0. The van der Waals surface area contributed by atoms with E-state index in [9.17, 15) is 4.79 Å². The molecule has 0 unspecified atom stereocenters. The summed E-state index contributed by atoms with van der Waals surface area (Å²) in [5.41, 5.74) is 2.88. The minimum Gasteiger partial charge on any atom is -0.337 e. The van der Waals surface area contributed by atoms with Crippen LogP contribution in [0.15, 0.2) is 54.6 Å². The van der Waals surface area contributed by atoms with Crippen molar-refractivity contribution in [2.45, 2.75) is 0 Å². The number of carbonyl (C=O) groups is 1. The average molecular weight is 338 g/mol. The van der Waals surface area contributed by atoms with Gasteiger partial charge in [-0.2, -0.15) is 5.10 Å². The molecule has 0 bridgehead atoms. The van der Waals surface area contributed by atoms with Gasteiger partial charge in [0.25, 0.3) is 5.91 Å². The van der Waals surface area contributed by atoms with Gasteiger partial charge in [-0.15, -0.1) is 0 Å². The second-order valence-corrected chi connectivity index (χ2v) is 5.61. The minimum atomic E-state index is -0.316. The standard InChI is InChI=1S/C17H12ClN5O/c18-11-6-2-1-5-10(11)17(24)21-15-9-14(22-23-15)16-19-12-7-3-4-8-13(12)20-16/h1-9H,(H,19,20)(H2,21,22,23,24). The summed E-state index contributed by atoms with van der Waals surface area (Å²) in [5, 5.41) is 10.1. The molecule has 0 aliphatic rings. The number of aromatic amines is 2. The number of H-pyrrole nitrogens is 2. The van der Waals surface area contributed by atoms with Gasteiger partial charge in [0.2, 0.25) is 0 Å². The lowest BCUT2D eigenvalue weighted by molar-refractivity contribution is 0.102. The van der Waals surface area contributed by atoms with Crippen LogP contribution in [-0.2, 0) is 0 Å². The molecule has 0 aliphatic heterocycles. The summed E-state index contributed by atoms with van der Waals surface area (Å²) in [5.74, 6) is 0.737. The molecular formula is C17H12ClN5O. The highest BCUT2D eigenvalue weighted by Crippen LogP contribution is 2.21. The molecule has 0 aliphatic carbocycles. The molecule has 7 heteroatoms. The van der Waals surface area contributed by atoms with Gasteiger partial charge >= 0.3 is 0 Å². The number of nitrogens with zero attached hydrogens (tertiary/aromatic N) is 2. The third kappa shape index (κ3) is 2.63. The van der Waals surface area contributed by atoms with Crippen molar-refractivity contribution >= 4 is 34.4 Å². The first-order valence-corrected chi connectivity index (χ1v) is 7.65. The Bertz CT molecular complexity index is 1000. The summed E-state index contributed by atoms with van der Waals surface area (Å²) in [7, 11) is 0. The van der Waals surface area contributed by atoms with Gasteiger partial charge in [0.15, 0.2) is 11.6 Å². The lowest BCUT2D eigenvalue weighted by Gasteiger charge is -2.03. The van der Waals surface area contributed by atoms with Gasteiger partial charge in [0.1, 0.15) is 5.69 Å². The van der Waals surface area contributed by atoms with E-state index >= 15 is 0 Å². The van der Waals surface area contributed by atoms with E-state index in [1.807, 2.05) is 24.3 Å². The zero-order valence-corrected chi connectivity index (χ0v) is 13.1. The Hall–Kier alpha value is -3.12. The number of hydrogen-bond acceptors (Lipinski definition) is 3. The number of halogens is 1.